The first-order chi connectivity index (χ1) is 13.8. The normalized spacial score (nSPS) is 11.1. The number of aromatic nitrogens is 1. The molecule has 0 aliphatic carbocycles. The third-order valence-electron chi connectivity index (χ3n) is 4.23. The van der Waals surface area contributed by atoms with Gasteiger partial charge >= 0.3 is 5.97 Å². The van der Waals surface area contributed by atoms with E-state index in [4.69, 9.17) is 9.47 Å². The van der Waals surface area contributed by atoms with E-state index in [1.54, 1.807) is 21.0 Å². The van der Waals surface area contributed by atoms with Gasteiger partial charge in [0.05, 0.1) is 13.2 Å². The quantitative estimate of drug-likeness (QED) is 0.442. The Morgan fingerprint density at radius 3 is 2.45 bits per heavy atom. The minimum Gasteiger partial charge on any atom is -0.497 e. The van der Waals surface area contributed by atoms with Crippen molar-refractivity contribution in [3.05, 3.63) is 52.9 Å². The van der Waals surface area contributed by atoms with Crippen LogP contribution in [0.3, 0.4) is 0 Å². The lowest BCUT2D eigenvalue weighted by molar-refractivity contribution is -0.147. The fourth-order valence-electron chi connectivity index (χ4n) is 2.92. The molecule has 7 heteroatoms. The third kappa shape index (κ3) is 5.48. The number of hydrogen-bond acceptors (Lipinski definition) is 5. The van der Waals surface area contributed by atoms with Crippen molar-refractivity contribution < 1.29 is 19.1 Å². The molecule has 1 aromatic carbocycles. The number of nitriles is 1. The van der Waals surface area contributed by atoms with Gasteiger partial charge in [0.2, 0.25) is 0 Å². The van der Waals surface area contributed by atoms with Gasteiger partial charge in [-0.15, -0.1) is 0 Å². The maximum Gasteiger partial charge on any atom is 0.325 e. The molecule has 0 spiro atoms. The number of carbonyl (C=O) groups is 2. The van der Waals surface area contributed by atoms with E-state index in [0.717, 1.165) is 28.4 Å². The molecule has 0 bridgehead atoms. The zero-order chi connectivity index (χ0) is 21.6. The molecule has 1 amide bonds. The number of aryl methyl sites for hydroxylation is 1. The number of nitrogens with one attached hydrogen (secondary N) is 1. The number of hydrogen-bond donors (Lipinski definition) is 1. The van der Waals surface area contributed by atoms with Crippen molar-refractivity contribution in [3.63, 3.8) is 0 Å². The summed E-state index contributed by atoms with van der Waals surface area (Å²) in [4.78, 5) is 23.9. The van der Waals surface area contributed by atoms with Gasteiger partial charge in [-0.1, -0.05) is 0 Å². The number of carbonyl (C=O) groups excluding carboxylic acids is 2. The molecule has 0 saturated carbocycles. The first kappa shape index (κ1) is 21.8. The number of amides is 1. The van der Waals surface area contributed by atoms with E-state index in [0.29, 0.717) is 0 Å². The van der Waals surface area contributed by atoms with Crippen LogP contribution in [0.4, 0.5) is 0 Å². The Balaban J connectivity index is 2.24. The van der Waals surface area contributed by atoms with Crippen molar-refractivity contribution in [2.24, 2.45) is 0 Å². The highest BCUT2D eigenvalue weighted by atomic mass is 16.5. The standard InChI is InChI=1S/C22H25N3O4/c1-14(2)29-21(26)13-24-22(27)18(12-23)11-17-10-15(3)25(16(17)4)19-6-8-20(28-5)9-7-19/h6-11,14H,13H2,1-5H3,(H,24,27)/b18-11+. The molecular formula is C22H25N3O4. The van der Waals surface area contributed by atoms with Gasteiger partial charge in [-0.2, -0.15) is 5.26 Å². The van der Waals surface area contributed by atoms with E-state index in [2.05, 4.69) is 5.32 Å². The van der Waals surface area contributed by atoms with Crippen LogP contribution >= 0.6 is 0 Å². The van der Waals surface area contributed by atoms with Crippen LogP contribution in [0.15, 0.2) is 35.9 Å². The van der Waals surface area contributed by atoms with Gasteiger partial charge in [0, 0.05) is 17.1 Å². The molecule has 2 aromatic rings. The minimum atomic E-state index is -0.623. The second-order valence-electron chi connectivity index (χ2n) is 6.75. The van der Waals surface area contributed by atoms with E-state index in [1.807, 2.05) is 54.8 Å². The van der Waals surface area contributed by atoms with Gasteiger partial charge < -0.3 is 19.4 Å². The van der Waals surface area contributed by atoms with Gasteiger partial charge in [0.1, 0.15) is 23.9 Å². The van der Waals surface area contributed by atoms with E-state index in [-0.39, 0.29) is 18.2 Å². The molecule has 0 atom stereocenters. The fraction of sp³-hybridized carbons (Fsp3) is 0.318. The van der Waals surface area contributed by atoms with Crippen molar-refractivity contribution in [2.45, 2.75) is 33.8 Å². The van der Waals surface area contributed by atoms with Crippen molar-refractivity contribution >= 4 is 18.0 Å². The smallest absolute Gasteiger partial charge is 0.325 e. The predicted octanol–water partition coefficient (Wildman–Crippen LogP) is 3.08. The van der Waals surface area contributed by atoms with Crippen LogP contribution in [-0.2, 0) is 14.3 Å². The number of benzene rings is 1. The average Bonchev–Trinajstić information content (AvgIpc) is 2.96. The monoisotopic (exact) mass is 395 g/mol. The van der Waals surface area contributed by atoms with E-state index < -0.39 is 11.9 Å². The molecule has 1 heterocycles. The largest absolute Gasteiger partial charge is 0.497 e. The second-order valence-corrected chi connectivity index (χ2v) is 6.75. The molecule has 1 aromatic heterocycles. The third-order valence-corrected chi connectivity index (χ3v) is 4.23. The molecule has 0 aliphatic rings. The maximum atomic E-state index is 12.3. The molecule has 1 N–H and O–H groups in total. The molecule has 152 valence electrons. The maximum absolute atomic E-state index is 12.3. The zero-order valence-corrected chi connectivity index (χ0v) is 17.3. The van der Waals surface area contributed by atoms with Crippen LogP contribution in [0, 0.1) is 25.2 Å². The number of esters is 1. The number of ether oxygens (including phenoxy) is 2. The lowest BCUT2D eigenvalue weighted by atomic mass is 10.1. The van der Waals surface area contributed by atoms with Crippen LogP contribution in [0.2, 0.25) is 0 Å². The summed E-state index contributed by atoms with van der Waals surface area (Å²) < 4.78 is 12.2. The average molecular weight is 395 g/mol. The Morgan fingerprint density at radius 2 is 1.90 bits per heavy atom. The summed E-state index contributed by atoms with van der Waals surface area (Å²) in [6.07, 6.45) is 1.25. The van der Waals surface area contributed by atoms with Crippen LogP contribution in [0.25, 0.3) is 11.8 Å². The van der Waals surface area contributed by atoms with Gasteiger partial charge in [-0.3, -0.25) is 9.59 Å². The van der Waals surface area contributed by atoms with Gasteiger partial charge in [0.25, 0.3) is 5.91 Å². The Bertz CT molecular complexity index is 963. The SMILES string of the molecule is COc1ccc(-n2c(C)cc(/C=C(\C#N)C(=O)NCC(=O)OC(C)C)c2C)cc1. The summed E-state index contributed by atoms with van der Waals surface area (Å²) in [6.45, 7) is 7.01. The first-order valence-electron chi connectivity index (χ1n) is 9.19. The summed E-state index contributed by atoms with van der Waals surface area (Å²) in [5.41, 5.74) is 3.44. The Kier molecular flexibility index (Phi) is 7.21. The lowest BCUT2D eigenvalue weighted by Crippen LogP contribution is -2.32. The Labute approximate surface area is 170 Å². The number of rotatable bonds is 7. The summed E-state index contributed by atoms with van der Waals surface area (Å²) in [5.74, 6) is -0.415. The van der Waals surface area contributed by atoms with Crippen LogP contribution in [0.5, 0.6) is 5.75 Å². The molecule has 2 rings (SSSR count). The molecule has 7 nitrogen and oxygen atoms in total. The summed E-state index contributed by atoms with van der Waals surface area (Å²) in [7, 11) is 1.61. The number of methoxy groups -OCH3 is 1. The van der Waals surface area contributed by atoms with E-state index in [9.17, 15) is 14.9 Å². The number of nitrogens with zero attached hydrogens (tertiary/aromatic N) is 2. The summed E-state index contributed by atoms with van der Waals surface area (Å²) in [5, 5.41) is 11.8. The highest BCUT2D eigenvalue weighted by Crippen LogP contribution is 2.24. The molecule has 0 fully saturated rings. The van der Waals surface area contributed by atoms with E-state index in [1.165, 1.54) is 6.08 Å². The van der Waals surface area contributed by atoms with Crippen LogP contribution in [-0.4, -0.2) is 36.2 Å². The zero-order valence-electron chi connectivity index (χ0n) is 17.3. The lowest BCUT2D eigenvalue weighted by Gasteiger charge is -2.10. The Morgan fingerprint density at radius 1 is 1.24 bits per heavy atom. The van der Waals surface area contributed by atoms with Gasteiger partial charge in [-0.25, -0.2) is 0 Å². The molecule has 0 radical (unpaired) electrons. The first-order valence-corrected chi connectivity index (χ1v) is 9.19. The van der Waals surface area contributed by atoms with E-state index >= 15 is 0 Å². The molecule has 0 saturated heterocycles. The predicted molar refractivity (Wildman–Crippen MR) is 110 cm³/mol. The fourth-order valence-corrected chi connectivity index (χ4v) is 2.92. The summed E-state index contributed by atoms with van der Waals surface area (Å²) in [6, 6.07) is 11.4. The second kappa shape index (κ2) is 9.60. The van der Waals surface area contributed by atoms with Gasteiger partial charge in [0.15, 0.2) is 0 Å². The van der Waals surface area contributed by atoms with Crippen molar-refractivity contribution in [1.82, 2.24) is 9.88 Å². The highest BCUT2D eigenvalue weighted by Gasteiger charge is 2.15. The van der Waals surface area contributed by atoms with Crippen LogP contribution in [0.1, 0.15) is 30.8 Å². The van der Waals surface area contributed by atoms with Crippen LogP contribution < -0.4 is 10.1 Å². The highest BCUT2D eigenvalue weighted by molar-refractivity contribution is 6.02. The molecule has 0 unspecified atom stereocenters. The topological polar surface area (TPSA) is 93.4 Å². The van der Waals surface area contributed by atoms with Crippen molar-refractivity contribution in [3.8, 4) is 17.5 Å². The molecule has 0 aliphatic heterocycles. The minimum absolute atomic E-state index is 0.0858. The van der Waals surface area contributed by atoms with Gasteiger partial charge in [-0.05, 0) is 69.7 Å². The Hall–Kier alpha value is -3.53. The van der Waals surface area contributed by atoms with Crippen molar-refractivity contribution in [2.75, 3.05) is 13.7 Å². The summed E-state index contributed by atoms with van der Waals surface area (Å²) >= 11 is 0. The molecule has 29 heavy (non-hydrogen) atoms. The van der Waals surface area contributed by atoms with Crippen molar-refractivity contribution in [1.29, 1.82) is 5.26 Å². The molecular weight excluding hydrogens is 370 g/mol.